The van der Waals surface area contributed by atoms with Crippen LogP contribution in [0.1, 0.15) is 0 Å². The van der Waals surface area contributed by atoms with Crippen LogP contribution in [0.2, 0.25) is 15.1 Å². The lowest BCUT2D eigenvalue weighted by Gasteiger charge is -2.13. The van der Waals surface area contributed by atoms with E-state index in [1.165, 1.54) is 25.2 Å². The SMILES string of the molecule is CNS(=O)(=O)c1cc(Cl)c(Oc2ccc(N)cc2Cl)c(Cl)c1. The van der Waals surface area contributed by atoms with Crippen LogP contribution in [0.3, 0.4) is 0 Å². The Hall–Kier alpha value is -1.18. The van der Waals surface area contributed by atoms with Gasteiger partial charge in [-0.25, -0.2) is 13.1 Å². The number of benzene rings is 2. The zero-order valence-corrected chi connectivity index (χ0v) is 14.3. The van der Waals surface area contributed by atoms with Gasteiger partial charge in [0, 0.05) is 5.69 Å². The number of sulfonamides is 1. The van der Waals surface area contributed by atoms with E-state index in [-0.39, 0.29) is 25.7 Å². The van der Waals surface area contributed by atoms with Gasteiger partial charge in [-0.2, -0.15) is 0 Å². The predicted octanol–water partition coefficient (Wildman–Crippen LogP) is 3.93. The van der Waals surface area contributed by atoms with E-state index in [9.17, 15) is 8.42 Å². The lowest BCUT2D eigenvalue weighted by atomic mass is 10.3. The minimum absolute atomic E-state index is 0.0363. The second-order valence-corrected chi connectivity index (χ2v) is 7.32. The van der Waals surface area contributed by atoms with Crippen molar-refractivity contribution in [3.05, 3.63) is 45.4 Å². The molecule has 0 atom stereocenters. The third kappa shape index (κ3) is 3.59. The van der Waals surface area contributed by atoms with Crippen LogP contribution < -0.4 is 15.2 Å². The molecule has 0 unspecified atom stereocenters. The van der Waals surface area contributed by atoms with Crippen LogP contribution in [-0.2, 0) is 10.0 Å². The van der Waals surface area contributed by atoms with Crippen LogP contribution in [0, 0.1) is 0 Å². The highest BCUT2D eigenvalue weighted by Crippen LogP contribution is 2.40. The molecular formula is C13H11Cl3N2O3S. The number of halogens is 3. The molecule has 0 spiro atoms. The fourth-order valence-electron chi connectivity index (χ4n) is 1.62. The first-order chi connectivity index (χ1) is 10.2. The molecule has 0 aliphatic carbocycles. The van der Waals surface area contributed by atoms with Gasteiger partial charge in [0.2, 0.25) is 10.0 Å². The Morgan fingerprint density at radius 3 is 2.14 bits per heavy atom. The summed E-state index contributed by atoms with van der Waals surface area (Å²) < 4.78 is 31.3. The monoisotopic (exact) mass is 380 g/mol. The highest BCUT2D eigenvalue weighted by molar-refractivity contribution is 7.89. The van der Waals surface area contributed by atoms with Crippen LogP contribution in [0.15, 0.2) is 35.2 Å². The standard InChI is InChI=1S/C13H11Cl3N2O3S/c1-18-22(19,20)8-5-10(15)13(11(16)6-8)21-12-3-2-7(17)4-9(12)14/h2-6,18H,17H2,1H3. The summed E-state index contributed by atoms with van der Waals surface area (Å²) in [4.78, 5) is -0.0687. The lowest BCUT2D eigenvalue weighted by Crippen LogP contribution is -2.18. The molecule has 0 aliphatic heterocycles. The Balaban J connectivity index is 2.45. The first-order valence-electron chi connectivity index (χ1n) is 5.90. The summed E-state index contributed by atoms with van der Waals surface area (Å²) >= 11 is 18.1. The smallest absolute Gasteiger partial charge is 0.240 e. The summed E-state index contributed by atoms with van der Waals surface area (Å²) in [5, 5.41) is 0.350. The summed E-state index contributed by atoms with van der Waals surface area (Å²) in [5.74, 6) is 0.397. The number of ether oxygens (including phenoxy) is 1. The molecule has 0 bridgehead atoms. The van der Waals surface area contributed by atoms with Gasteiger partial charge in [0.25, 0.3) is 0 Å². The number of hydrogen-bond donors (Lipinski definition) is 2. The van der Waals surface area contributed by atoms with E-state index in [1.54, 1.807) is 12.1 Å². The minimum atomic E-state index is -3.66. The molecule has 2 aromatic carbocycles. The normalized spacial score (nSPS) is 11.5. The Labute approximate surface area is 143 Å². The maximum Gasteiger partial charge on any atom is 0.240 e. The number of anilines is 1. The molecule has 9 heteroatoms. The summed E-state index contributed by atoms with van der Waals surface area (Å²) in [6, 6.07) is 7.14. The molecule has 0 radical (unpaired) electrons. The molecule has 0 saturated carbocycles. The number of hydrogen-bond acceptors (Lipinski definition) is 4. The molecule has 2 rings (SSSR count). The number of nitrogen functional groups attached to an aromatic ring is 1. The van der Waals surface area contributed by atoms with Gasteiger partial charge >= 0.3 is 0 Å². The second kappa shape index (κ2) is 6.52. The molecule has 22 heavy (non-hydrogen) atoms. The van der Waals surface area contributed by atoms with Crippen molar-refractivity contribution >= 4 is 50.5 Å². The van der Waals surface area contributed by atoms with Gasteiger partial charge < -0.3 is 10.5 Å². The third-order valence-electron chi connectivity index (χ3n) is 2.72. The summed E-state index contributed by atoms with van der Waals surface area (Å²) in [6.07, 6.45) is 0. The van der Waals surface area contributed by atoms with Gasteiger partial charge in [0.05, 0.1) is 20.0 Å². The Morgan fingerprint density at radius 2 is 1.64 bits per heavy atom. The zero-order valence-electron chi connectivity index (χ0n) is 11.2. The van der Waals surface area contributed by atoms with Gasteiger partial charge in [0.15, 0.2) is 5.75 Å². The Bertz CT molecular complexity index is 802. The van der Waals surface area contributed by atoms with E-state index in [0.29, 0.717) is 11.4 Å². The van der Waals surface area contributed by atoms with Crippen molar-refractivity contribution in [1.82, 2.24) is 4.72 Å². The first-order valence-corrected chi connectivity index (χ1v) is 8.52. The van der Waals surface area contributed by atoms with E-state index in [4.69, 9.17) is 45.3 Å². The average molecular weight is 382 g/mol. The van der Waals surface area contributed by atoms with E-state index >= 15 is 0 Å². The molecule has 0 aromatic heterocycles. The van der Waals surface area contributed by atoms with Crippen LogP contribution in [0.5, 0.6) is 11.5 Å². The number of rotatable bonds is 4. The van der Waals surface area contributed by atoms with Crippen molar-refractivity contribution in [2.45, 2.75) is 4.90 Å². The van der Waals surface area contributed by atoms with Crippen molar-refractivity contribution < 1.29 is 13.2 Å². The quantitative estimate of drug-likeness (QED) is 0.786. The highest BCUT2D eigenvalue weighted by atomic mass is 35.5. The molecular weight excluding hydrogens is 371 g/mol. The van der Waals surface area contributed by atoms with Crippen molar-refractivity contribution in [3.8, 4) is 11.5 Å². The fraction of sp³-hybridized carbons (Fsp3) is 0.0769. The van der Waals surface area contributed by atoms with E-state index in [2.05, 4.69) is 4.72 Å². The van der Waals surface area contributed by atoms with Gasteiger partial charge in [-0.3, -0.25) is 0 Å². The predicted molar refractivity (Wildman–Crippen MR) is 88.6 cm³/mol. The molecule has 3 N–H and O–H groups in total. The number of nitrogens with two attached hydrogens (primary N) is 1. The Kier molecular flexibility index (Phi) is 5.09. The van der Waals surface area contributed by atoms with Crippen LogP contribution in [-0.4, -0.2) is 15.5 Å². The van der Waals surface area contributed by atoms with Gasteiger partial charge in [-0.05, 0) is 37.4 Å². The summed E-state index contributed by atoms with van der Waals surface area (Å²) in [7, 11) is -2.38. The van der Waals surface area contributed by atoms with Gasteiger partial charge in [0.1, 0.15) is 5.75 Å². The van der Waals surface area contributed by atoms with Crippen molar-refractivity contribution in [2.24, 2.45) is 0 Å². The van der Waals surface area contributed by atoms with Crippen LogP contribution in [0.4, 0.5) is 5.69 Å². The lowest BCUT2D eigenvalue weighted by molar-refractivity contribution is 0.483. The third-order valence-corrected chi connectivity index (χ3v) is 4.97. The molecule has 0 aliphatic rings. The number of nitrogens with one attached hydrogen (secondary N) is 1. The summed E-state index contributed by atoms with van der Waals surface area (Å²) in [5.41, 5.74) is 6.07. The Morgan fingerprint density at radius 1 is 1.05 bits per heavy atom. The largest absolute Gasteiger partial charge is 0.453 e. The second-order valence-electron chi connectivity index (χ2n) is 4.22. The minimum Gasteiger partial charge on any atom is -0.453 e. The zero-order chi connectivity index (χ0) is 16.5. The van der Waals surface area contributed by atoms with Crippen molar-refractivity contribution in [3.63, 3.8) is 0 Å². The molecule has 0 heterocycles. The maximum absolute atomic E-state index is 11.8. The summed E-state index contributed by atoms with van der Waals surface area (Å²) in [6.45, 7) is 0. The molecule has 0 fully saturated rings. The molecule has 2 aromatic rings. The molecule has 118 valence electrons. The van der Waals surface area contributed by atoms with Crippen molar-refractivity contribution in [2.75, 3.05) is 12.8 Å². The van der Waals surface area contributed by atoms with Crippen molar-refractivity contribution in [1.29, 1.82) is 0 Å². The van der Waals surface area contributed by atoms with E-state index in [0.717, 1.165) is 0 Å². The molecule has 0 amide bonds. The van der Waals surface area contributed by atoms with E-state index in [1.807, 2.05) is 0 Å². The topological polar surface area (TPSA) is 81.4 Å². The van der Waals surface area contributed by atoms with Crippen LogP contribution >= 0.6 is 34.8 Å². The van der Waals surface area contributed by atoms with Crippen LogP contribution in [0.25, 0.3) is 0 Å². The van der Waals surface area contributed by atoms with E-state index < -0.39 is 10.0 Å². The molecule has 0 saturated heterocycles. The molecule has 5 nitrogen and oxygen atoms in total. The maximum atomic E-state index is 11.8. The fourth-order valence-corrected chi connectivity index (χ4v) is 3.32. The van der Waals surface area contributed by atoms with Gasteiger partial charge in [-0.15, -0.1) is 0 Å². The van der Waals surface area contributed by atoms with Gasteiger partial charge in [-0.1, -0.05) is 34.8 Å². The average Bonchev–Trinajstić information content (AvgIpc) is 2.44. The highest BCUT2D eigenvalue weighted by Gasteiger charge is 2.18. The first kappa shape index (κ1) is 17.2.